The molecule has 120 valence electrons. The fourth-order valence-corrected chi connectivity index (χ4v) is 2.73. The van der Waals surface area contributed by atoms with Gasteiger partial charge in [-0.1, -0.05) is 6.92 Å². The number of carbonyl (C=O) groups excluding carboxylic acids is 1. The van der Waals surface area contributed by atoms with Crippen LogP contribution in [0, 0.1) is 11.7 Å². The van der Waals surface area contributed by atoms with Crippen molar-refractivity contribution in [1.82, 2.24) is 9.78 Å². The van der Waals surface area contributed by atoms with E-state index < -0.39 is 17.7 Å². The molecule has 1 aromatic heterocycles. The molecule has 0 fully saturated rings. The maximum Gasteiger partial charge on any atom is 0.335 e. The van der Waals surface area contributed by atoms with E-state index in [1.165, 1.54) is 6.20 Å². The molecule has 0 saturated heterocycles. The zero-order chi connectivity index (χ0) is 16.6. The Morgan fingerprint density at radius 2 is 2.22 bits per heavy atom. The Bertz CT molecular complexity index is 785. The molecule has 1 amide bonds. The van der Waals surface area contributed by atoms with E-state index in [1.54, 1.807) is 4.68 Å². The topological polar surface area (TPSA) is 84.2 Å². The van der Waals surface area contributed by atoms with E-state index in [-0.39, 0.29) is 11.3 Å². The number of hydrogen-bond donors (Lipinski definition) is 2. The van der Waals surface area contributed by atoms with Crippen molar-refractivity contribution in [2.75, 3.05) is 5.32 Å². The molecule has 1 aromatic carbocycles. The smallest absolute Gasteiger partial charge is 0.335 e. The van der Waals surface area contributed by atoms with Crippen molar-refractivity contribution in [3.05, 3.63) is 47.0 Å². The number of carboxylic acids is 1. The van der Waals surface area contributed by atoms with Gasteiger partial charge in [-0.15, -0.1) is 0 Å². The minimum atomic E-state index is -1.18. The Morgan fingerprint density at radius 3 is 2.96 bits per heavy atom. The third-order valence-electron chi connectivity index (χ3n) is 4.03. The lowest BCUT2D eigenvalue weighted by molar-refractivity contribution is 0.0696. The van der Waals surface area contributed by atoms with Gasteiger partial charge in [-0.2, -0.15) is 5.10 Å². The third-order valence-corrected chi connectivity index (χ3v) is 4.03. The van der Waals surface area contributed by atoms with Crippen molar-refractivity contribution in [1.29, 1.82) is 0 Å². The molecule has 2 N–H and O–H groups in total. The first kappa shape index (κ1) is 15.2. The molecule has 0 aliphatic carbocycles. The maximum absolute atomic E-state index is 13.8. The van der Waals surface area contributed by atoms with Gasteiger partial charge in [-0.05, 0) is 37.0 Å². The zero-order valence-corrected chi connectivity index (χ0v) is 12.5. The average Bonchev–Trinajstić information content (AvgIpc) is 2.92. The van der Waals surface area contributed by atoms with Gasteiger partial charge in [0.05, 0.1) is 28.7 Å². The number of aryl methyl sites for hydroxylation is 1. The first-order chi connectivity index (χ1) is 11.0. The van der Waals surface area contributed by atoms with Crippen LogP contribution >= 0.6 is 0 Å². The molecule has 2 aromatic rings. The summed E-state index contributed by atoms with van der Waals surface area (Å²) >= 11 is 0. The van der Waals surface area contributed by atoms with Gasteiger partial charge in [0.1, 0.15) is 5.82 Å². The number of nitrogens with one attached hydrogen (secondary N) is 1. The number of nitrogens with zero attached hydrogens (tertiary/aromatic N) is 2. The number of rotatable bonds is 3. The van der Waals surface area contributed by atoms with E-state index in [4.69, 9.17) is 5.11 Å². The lowest BCUT2D eigenvalue weighted by atomic mass is 9.96. The summed E-state index contributed by atoms with van der Waals surface area (Å²) in [5.74, 6) is -1.89. The normalized spacial score (nSPS) is 16.7. The molecule has 1 unspecified atom stereocenters. The minimum Gasteiger partial charge on any atom is -0.478 e. The number of aromatic nitrogens is 2. The summed E-state index contributed by atoms with van der Waals surface area (Å²) in [7, 11) is 0. The molecule has 3 rings (SSSR count). The highest BCUT2D eigenvalue weighted by atomic mass is 19.1. The van der Waals surface area contributed by atoms with Crippen LogP contribution in [0.4, 0.5) is 10.1 Å². The van der Waals surface area contributed by atoms with Gasteiger partial charge in [0, 0.05) is 6.54 Å². The van der Waals surface area contributed by atoms with Gasteiger partial charge < -0.3 is 10.4 Å². The van der Waals surface area contributed by atoms with E-state index >= 15 is 0 Å². The number of amides is 1. The quantitative estimate of drug-likeness (QED) is 0.911. The van der Waals surface area contributed by atoms with Crippen LogP contribution in [0.25, 0.3) is 0 Å². The Balaban J connectivity index is 1.87. The van der Waals surface area contributed by atoms with Gasteiger partial charge in [0.25, 0.3) is 5.91 Å². The fraction of sp³-hybridized carbons (Fsp3) is 0.312. The van der Waals surface area contributed by atoms with Gasteiger partial charge >= 0.3 is 5.97 Å². The zero-order valence-electron chi connectivity index (χ0n) is 12.5. The Kier molecular flexibility index (Phi) is 3.85. The largest absolute Gasteiger partial charge is 0.478 e. The van der Waals surface area contributed by atoms with Gasteiger partial charge in [0.2, 0.25) is 0 Å². The van der Waals surface area contributed by atoms with E-state index in [0.717, 1.165) is 43.3 Å². The van der Waals surface area contributed by atoms with Crippen molar-refractivity contribution in [3.8, 4) is 0 Å². The Labute approximate surface area is 131 Å². The third kappa shape index (κ3) is 2.94. The number of aromatic carboxylic acids is 1. The Morgan fingerprint density at radius 1 is 1.43 bits per heavy atom. The number of anilines is 1. The van der Waals surface area contributed by atoms with Gasteiger partial charge in [-0.3, -0.25) is 9.48 Å². The summed E-state index contributed by atoms with van der Waals surface area (Å²) in [5.41, 5.74) is 0.985. The summed E-state index contributed by atoms with van der Waals surface area (Å²) < 4.78 is 15.6. The van der Waals surface area contributed by atoms with Crippen molar-refractivity contribution >= 4 is 17.6 Å². The molecule has 0 saturated carbocycles. The SMILES string of the molecule is CC1CCn2ncc(C(=O)Nc3cc(C(=O)O)ccc3F)c2C1. The summed E-state index contributed by atoms with van der Waals surface area (Å²) in [6.07, 6.45) is 3.22. The second-order valence-corrected chi connectivity index (χ2v) is 5.78. The average molecular weight is 317 g/mol. The number of hydrogen-bond acceptors (Lipinski definition) is 3. The first-order valence-electron chi connectivity index (χ1n) is 7.34. The second-order valence-electron chi connectivity index (χ2n) is 5.78. The number of carbonyl (C=O) groups is 2. The van der Waals surface area contributed by atoms with Crippen molar-refractivity contribution in [2.24, 2.45) is 5.92 Å². The fourth-order valence-electron chi connectivity index (χ4n) is 2.73. The van der Waals surface area contributed by atoms with E-state index in [9.17, 15) is 14.0 Å². The Hall–Kier alpha value is -2.70. The molecule has 1 aliphatic rings. The number of benzene rings is 1. The minimum absolute atomic E-state index is 0.0904. The van der Waals surface area contributed by atoms with Crippen molar-refractivity contribution < 1.29 is 19.1 Å². The molecule has 2 heterocycles. The molecule has 7 heteroatoms. The van der Waals surface area contributed by atoms with Gasteiger partial charge in [0.15, 0.2) is 0 Å². The van der Waals surface area contributed by atoms with Crippen LogP contribution in [0.3, 0.4) is 0 Å². The van der Waals surface area contributed by atoms with Crippen LogP contribution in [-0.4, -0.2) is 26.8 Å². The van der Waals surface area contributed by atoms with Crippen LogP contribution in [-0.2, 0) is 13.0 Å². The van der Waals surface area contributed by atoms with E-state index in [0.29, 0.717) is 11.5 Å². The molecular formula is C16H16FN3O3. The monoisotopic (exact) mass is 317 g/mol. The predicted molar refractivity (Wildman–Crippen MR) is 81.0 cm³/mol. The van der Waals surface area contributed by atoms with E-state index in [1.807, 2.05) is 0 Å². The lowest BCUT2D eigenvalue weighted by Crippen LogP contribution is -2.21. The van der Waals surface area contributed by atoms with Crippen molar-refractivity contribution in [3.63, 3.8) is 0 Å². The van der Waals surface area contributed by atoms with Crippen LogP contribution in [0.15, 0.2) is 24.4 Å². The number of fused-ring (bicyclic) bond motifs is 1. The molecule has 0 bridgehead atoms. The van der Waals surface area contributed by atoms with E-state index in [2.05, 4.69) is 17.3 Å². The molecule has 1 aliphatic heterocycles. The van der Waals surface area contributed by atoms with Gasteiger partial charge in [-0.25, -0.2) is 9.18 Å². The highest BCUT2D eigenvalue weighted by molar-refractivity contribution is 6.05. The first-order valence-corrected chi connectivity index (χ1v) is 7.34. The van der Waals surface area contributed by atoms with Crippen LogP contribution in [0.1, 0.15) is 39.8 Å². The summed E-state index contributed by atoms with van der Waals surface area (Å²) in [6, 6.07) is 3.28. The molecule has 0 spiro atoms. The maximum atomic E-state index is 13.8. The summed E-state index contributed by atoms with van der Waals surface area (Å²) in [5, 5.41) is 15.6. The highest BCUT2D eigenvalue weighted by Gasteiger charge is 2.23. The standard InChI is InChI=1S/C16H16FN3O3/c1-9-4-5-20-14(6-9)11(8-18-20)15(21)19-13-7-10(16(22)23)2-3-12(13)17/h2-3,7-9H,4-6H2,1H3,(H,19,21)(H,22,23). The second kappa shape index (κ2) is 5.83. The van der Waals surface area contributed by atoms with Crippen LogP contribution in [0.5, 0.6) is 0 Å². The molecule has 1 atom stereocenters. The molecule has 23 heavy (non-hydrogen) atoms. The summed E-state index contributed by atoms with van der Waals surface area (Å²) in [4.78, 5) is 23.4. The number of carboxylic acid groups (broad SMARTS) is 1. The lowest BCUT2D eigenvalue weighted by Gasteiger charge is -2.20. The predicted octanol–water partition coefficient (Wildman–Crippen LogP) is 2.56. The van der Waals surface area contributed by atoms with Crippen LogP contribution < -0.4 is 5.32 Å². The van der Waals surface area contributed by atoms with Crippen molar-refractivity contribution in [2.45, 2.75) is 26.3 Å². The molecule has 0 radical (unpaired) electrons. The highest BCUT2D eigenvalue weighted by Crippen LogP contribution is 2.24. The number of halogens is 1. The molecule has 6 nitrogen and oxygen atoms in total. The molecular weight excluding hydrogens is 301 g/mol. The van der Waals surface area contributed by atoms with Crippen LogP contribution in [0.2, 0.25) is 0 Å². The summed E-state index contributed by atoms with van der Waals surface area (Å²) in [6.45, 7) is 2.86.